The average Bonchev–Trinajstić information content (AvgIpc) is 3.11. The number of hydrogen-bond donors (Lipinski definition) is 2. The lowest BCUT2D eigenvalue weighted by atomic mass is 9.90. The van der Waals surface area contributed by atoms with Gasteiger partial charge in [-0.2, -0.15) is 0 Å². The van der Waals surface area contributed by atoms with Crippen LogP contribution in [0.2, 0.25) is 0 Å². The van der Waals surface area contributed by atoms with Gasteiger partial charge in [-0.25, -0.2) is 0 Å². The van der Waals surface area contributed by atoms with Crippen molar-refractivity contribution < 1.29 is 34.0 Å². The summed E-state index contributed by atoms with van der Waals surface area (Å²) in [5.41, 5.74) is 0. The number of unbranched alkanes of at least 4 members (excludes halogenated alkanes) is 1. The van der Waals surface area contributed by atoms with E-state index in [-0.39, 0.29) is 42.9 Å². The average molecular weight is 473 g/mol. The van der Waals surface area contributed by atoms with Crippen molar-refractivity contribution in [2.75, 3.05) is 13.2 Å². The second-order valence-electron chi connectivity index (χ2n) is 8.89. The highest BCUT2D eigenvalue weighted by atomic mass is 16.7. The highest BCUT2D eigenvalue weighted by Gasteiger charge is 2.39. The number of allylic oxidation sites excluding steroid dienone is 2. The number of carbonyl (C=O) groups is 2. The van der Waals surface area contributed by atoms with Crippen molar-refractivity contribution >= 4 is 11.8 Å². The highest BCUT2D eigenvalue weighted by Crippen LogP contribution is 2.33. The molecule has 2 aliphatic rings. The molecule has 186 valence electrons. The molecule has 2 N–H and O–H groups in total. The van der Waals surface area contributed by atoms with E-state index in [0.29, 0.717) is 32.5 Å². The number of aliphatic hydroxyl groups is 1. The monoisotopic (exact) mass is 472 g/mol. The van der Waals surface area contributed by atoms with E-state index in [0.717, 1.165) is 25.0 Å². The number of ether oxygens (including phenoxy) is 3. The van der Waals surface area contributed by atoms with Crippen LogP contribution in [0.4, 0.5) is 0 Å². The highest BCUT2D eigenvalue weighted by molar-refractivity contribution is 5.84. The quantitative estimate of drug-likeness (QED) is 0.326. The van der Waals surface area contributed by atoms with Crippen molar-refractivity contribution in [2.24, 2.45) is 11.8 Å². The lowest BCUT2D eigenvalue weighted by Crippen LogP contribution is -2.30. The molecular weight excluding hydrogens is 436 g/mol. The molecule has 1 aliphatic carbocycles. The molecule has 0 amide bonds. The first-order valence-electron chi connectivity index (χ1n) is 12.2. The van der Waals surface area contributed by atoms with Crippen molar-refractivity contribution in [3.05, 3.63) is 54.6 Å². The lowest BCUT2D eigenvalue weighted by molar-refractivity contribution is -0.182. The summed E-state index contributed by atoms with van der Waals surface area (Å²) in [5.74, 6) is -0.615. The standard InChI is InChI=1S/C27H36O7/c28-24-18-25(29)23(22(24)12-6-1-2-7-13-26(30)31)16-15-21(34-27-14-8-9-17-32-27)19-33-20-10-4-3-5-11-20/h1,3-6,10-11,15-16,21-23,25,27,29H,2,7-9,12-14,17-19H2,(H,30,31)/b6-1-,16-15+/t21-,22+,23+,25+,27?/m0/s1. The first kappa shape index (κ1) is 26.1. The number of carboxylic acids is 1. The Kier molecular flexibility index (Phi) is 10.8. The Labute approximate surface area is 201 Å². The van der Waals surface area contributed by atoms with E-state index < -0.39 is 12.1 Å². The van der Waals surface area contributed by atoms with Crippen LogP contribution in [0.3, 0.4) is 0 Å². The van der Waals surface area contributed by atoms with Crippen molar-refractivity contribution in [1.29, 1.82) is 0 Å². The summed E-state index contributed by atoms with van der Waals surface area (Å²) < 4.78 is 17.8. The fourth-order valence-corrected chi connectivity index (χ4v) is 4.36. The van der Waals surface area contributed by atoms with E-state index >= 15 is 0 Å². The Balaban J connectivity index is 1.60. The molecule has 5 atom stereocenters. The maximum absolute atomic E-state index is 12.5. The number of rotatable bonds is 13. The van der Waals surface area contributed by atoms with E-state index in [1.54, 1.807) is 0 Å². The van der Waals surface area contributed by atoms with E-state index in [9.17, 15) is 14.7 Å². The van der Waals surface area contributed by atoms with Crippen LogP contribution in [0.15, 0.2) is 54.6 Å². The Morgan fingerprint density at radius 1 is 1.21 bits per heavy atom. The van der Waals surface area contributed by atoms with Gasteiger partial charge >= 0.3 is 5.97 Å². The van der Waals surface area contributed by atoms with Gasteiger partial charge in [0, 0.05) is 31.3 Å². The summed E-state index contributed by atoms with van der Waals surface area (Å²) >= 11 is 0. The van der Waals surface area contributed by atoms with Crippen molar-refractivity contribution in [1.82, 2.24) is 0 Å². The molecule has 7 nitrogen and oxygen atoms in total. The summed E-state index contributed by atoms with van der Waals surface area (Å²) in [7, 11) is 0. The third-order valence-corrected chi connectivity index (χ3v) is 6.22. The zero-order chi connectivity index (χ0) is 24.2. The summed E-state index contributed by atoms with van der Waals surface area (Å²) in [4.78, 5) is 23.1. The minimum absolute atomic E-state index is 0.0472. The van der Waals surface area contributed by atoms with Gasteiger partial charge in [0.1, 0.15) is 24.2 Å². The molecule has 1 aliphatic heterocycles. The van der Waals surface area contributed by atoms with Crippen LogP contribution in [0.25, 0.3) is 0 Å². The van der Waals surface area contributed by atoms with Crippen LogP contribution in [-0.4, -0.2) is 53.7 Å². The van der Waals surface area contributed by atoms with Gasteiger partial charge in [-0.05, 0) is 50.7 Å². The molecule has 1 aromatic rings. The Morgan fingerprint density at radius 2 is 2.03 bits per heavy atom. The number of hydrogen-bond acceptors (Lipinski definition) is 6. The second kappa shape index (κ2) is 14.0. The third-order valence-electron chi connectivity index (χ3n) is 6.22. The third kappa shape index (κ3) is 8.70. The molecule has 1 heterocycles. The van der Waals surface area contributed by atoms with Crippen LogP contribution in [-0.2, 0) is 19.1 Å². The predicted octanol–water partition coefficient (Wildman–Crippen LogP) is 4.30. The van der Waals surface area contributed by atoms with E-state index in [1.165, 1.54) is 0 Å². The number of carboxylic acid groups (broad SMARTS) is 1. The number of aliphatic hydroxyl groups excluding tert-OH is 1. The van der Waals surface area contributed by atoms with Gasteiger partial charge in [-0.15, -0.1) is 0 Å². The number of carbonyl (C=O) groups excluding carboxylic acids is 1. The van der Waals surface area contributed by atoms with Crippen LogP contribution in [0.1, 0.15) is 51.4 Å². The molecule has 1 aromatic carbocycles. The topological polar surface area (TPSA) is 102 Å². The van der Waals surface area contributed by atoms with Crippen LogP contribution < -0.4 is 4.74 Å². The van der Waals surface area contributed by atoms with E-state index in [2.05, 4.69) is 0 Å². The molecule has 34 heavy (non-hydrogen) atoms. The molecule has 1 saturated carbocycles. The minimum Gasteiger partial charge on any atom is -0.491 e. The van der Waals surface area contributed by atoms with E-state index in [4.69, 9.17) is 19.3 Å². The lowest BCUT2D eigenvalue weighted by Gasteiger charge is -2.27. The smallest absolute Gasteiger partial charge is 0.303 e. The molecule has 0 bridgehead atoms. The van der Waals surface area contributed by atoms with Gasteiger partial charge in [-0.3, -0.25) is 9.59 Å². The molecular formula is C27H36O7. The van der Waals surface area contributed by atoms with Crippen molar-refractivity contribution in [3.8, 4) is 5.75 Å². The second-order valence-corrected chi connectivity index (χ2v) is 8.89. The molecule has 1 saturated heterocycles. The molecule has 0 radical (unpaired) electrons. The molecule has 0 spiro atoms. The number of ketones is 1. The minimum atomic E-state index is -0.806. The van der Waals surface area contributed by atoms with Gasteiger partial charge in [0.25, 0.3) is 0 Å². The molecule has 3 rings (SSSR count). The van der Waals surface area contributed by atoms with Crippen LogP contribution in [0.5, 0.6) is 5.75 Å². The van der Waals surface area contributed by atoms with Gasteiger partial charge in [0.05, 0.1) is 6.10 Å². The Morgan fingerprint density at radius 3 is 2.76 bits per heavy atom. The number of aliphatic carboxylic acids is 1. The number of benzene rings is 1. The molecule has 0 aromatic heterocycles. The molecule has 7 heteroatoms. The SMILES string of the molecule is O=C(O)CCC/C=C\C[C@H]1C(=O)C[C@@H](O)[C@@H]1/C=C/[C@@H](COc1ccccc1)OC1CCCCO1. The van der Waals surface area contributed by atoms with Crippen LogP contribution in [0, 0.1) is 11.8 Å². The fraction of sp³-hybridized carbons (Fsp3) is 0.556. The zero-order valence-corrected chi connectivity index (χ0v) is 19.6. The molecule has 2 fully saturated rings. The van der Waals surface area contributed by atoms with Gasteiger partial charge in [0.15, 0.2) is 6.29 Å². The Bertz CT molecular complexity index is 814. The van der Waals surface area contributed by atoms with Crippen molar-refractivity contribution in [3.63, 3.8) is 0 Å². The zero-order valence-electron chi connectivity index (χ0n) is 19.6. The maximum atomic E-state index is 12.5. The van der Waals surface area contributed by atoms with Crippen molar-refractivity contribution in [2.45, 2.75) is 69.9 Å². The molecule has 1 unspecified atom stereocenters. The Hall–Kier alpha value is -2.48. The predicted molar refractivity (Wildman–Crippen MR) is 127 cm³/mol. The first-order valence-corrected chi connectivity index (χ1v) is 12.2. The first-order chi connectivity index (χ1) is 16.5. The fourth-order valence-electron chi connectivity index (χ4n) is 4.36. The van der Waals surface area contributed by atoms with Crippen LogP contribution >= 0.6 is 0 Å². The van der Waals surface area contributed by atoms with E-state index in [1.807, 2.05) is 54.6 Å². The summed E-state index contributed by atoms with van der Waals surface area (Å²) in [5, 5.41) is 19.2. The maximum Gasteiger partial charge on any atom is 0.303 e. The van der Waals surface area contributed by atoms with Gasteiger partial charge < -0.3 is 24.4 Å². The summed E-state index contributed by atoms with van der Waals surface area (Å²) in [6, 6.07) is 9.51. The largest absolute Gasteiger partial charge is 0.491 e. The normalized spacial score (nSPS) is 26.3. The van der Waals surface area contributed by atoms with Gasteiger partial charge in [-0.1, -0.05) is 42.5 Å². The number of para-hydroxylation sites is 1. The summed E-state index contributed by atoms with van der Waals surface area (Å²) in [6.07, 6.45) is 11.2. The number of Topliss-reactive ketones (excluding diaryl/α,β-unsaturated/α-hetero) is 1. The van der Waals surface area contributed by atoms with Gasteiger partial charge in [0.2, 0.25) is 0 Å². The summed E-state index contributed by atoms with van der Waals surface area (Å²) in [6.45, 7) is 0.975.